The Morgan fingerprint density at radius 2 is 1.57 bits per heavy atom. The monoisotopic (exact) mass is 522 g/mol. The number of nitrogens with one attached hydrogen (secondary N) is 2. The number of nitrogens with zero attached hydrogens (tertiary/aromatic N) is 2. The molecule has 0 saturated carbocycles. The van der Waals surface area contributed by atoms with E-state index in [2.05, 4.69) is 15.8 Å². The lowest BCUT2D eigenvalue weighted by atomic mass is 10.1. The molecule has 9 nitrogen and oxygen atoms in total. The quantitative estimate of drug-likeness (QED) is 0.308. The van der Waals surface area contributed by atoms with Gasteiger partial charge in [-0.1, -0.05) is 30.3 Å². The first-order chi connectivity index (χ1) is 17.6. The van der Waals surface area contributed by atoms with Crippen LogP contribution in [0.3, 0.4) is 0 Å². The van der Waals surface area contributed by atoms with Crippen LogP contribution in [0.5, 0.6) is 5.75 Å². The van der Waals surface area contributed by atoms with Gasteiger partial charge < -0.3 is 10.1 Å². The molecule has 0 bridgehead atoms. The van der Waals surface area contributed by atoms with Crippen molar-refractivity contribution in [2.24, 2.45) is 5.10 Å². The van der Waals surface area contributed by atoms with E-state index in [0.29, 0.717) is 35.0 Å². The summed E-state index contributed by atoms with van der Waals surface area (Å²) in [6.07, 6.45) is 1.04. The van der Waals surface area contributed by atoms with Crippen molar-refractivity contribution in [3.8, 4) is 5.75 Å². The highest BCUT2D eigenvalue weighted by molar-refractivity contribution is 7.92. The van der Waals surface area contributed by atoms with Gasteiger partial charge in [-0.2, -0.15) is 5.10 Å². The fraction of sp³-hybridized carbons (Fsp3) is 0.222. The number of ether oxygens (including phenoxy) is 1. The zero-order valence-electron chi connectivity index (χ0n) is 21.1. The molecule has 0 aliphatic rings. The van der Waals surface area contributed by atoms with Gasteiger partial charge in [0.2, 0.25) is 10.0 Å². The van der Waals surface area contributed by atoms with E-state index in [-0.39, 0.29) is 5.91 Å². The maximum Gasteiger partial charge on any atom is 0.263 e. The molecular formula is C27H30N4O5S. The van der Waals surface area contributed by atoms with Crippen LogP contribution in [0.4, 0.5) is 11.4 Å². The number of hydrogen-bond acceptors (Lipinski definition) is 6. The molecule has 194 valence electrons. The van der Waals surface area contributed by atoms with E-state index in [0.717, 1.165) is 16.1 Å². The number of hydrogen-bond donors (Lipinski definition) is 2. The first-order valence-electron chi connectivity index (χ1n) is 11.6. The Morgan fingerprint density at radius 3 is 2.14 bits per heavy atom. The Hall–Kier alpha value is -4.18. The smallest absolute Gasteiger partial charge is 0.263 e. The van der Waals surface area contributed by atoms with Crippen molar-refractivity contribution in [1.29, 1.82) is 0 Å². The van der Waals surface area contributed by atoms with Gasteiger partial charge in [-0.15, -0.1) is 0 Å². The molecule has 0 unspecified atom stereocenters. The lowest BCUT2D eigenvalue weighted by molar-refractivity contribution is -0.121. The molecule has 37 heavy (non-hydrogen) atoms. The SMILES string of the molecule is CCOc1ccc(N([C@H](C)C(=O)N/N=C(/C)c2ccc(NC(=O)c3ccccc3)cc2)S(C)(=O)=O)cc1. The standard InChI is InChI=1S/C27H30N4O5S/c1-5-36-25-17-15-24(16-18-25)31(37(4,34)35)20(3)26(32)30-29-19(2)21-11-13-23(14-12-21)28-27(33)22-9-7-6-8-10-22/h6-18,20H,5H2,1-4H3,(H,28,33)(H,30,32)/b29-19-/t20-/m1/s1. The van der Waals surface area contributed by atoms with E-state index in [1.807, 2.05) is 13.0 Å². The zero-order valence-corrected chi connectivity index (χ0v) is 22.0. The normalized spacial score (nSPS) is 12.4. The molecule has 10 heteroatoms. The zero-order chi connectivity index (χ0) is 27.0. The fourth-order valence-electron chi connectivity index (χ4n) is 3.55. The highest BCUT2D eigenvalue weighted by Gasteiger charge is 2.29. The lowest BCUT2D eigenvalue weighted by Gasteiger charge is -2.27. The van der Waals surface area contributed by atoms with E-state index < -0.39 is 22.0 Å². The van der Waals surface area contributed by atoms with Crippen molar-refractivity contribution in [1.82, 2.24) is 5.43 Å². The minimum Gasteiger partial charge on any atom is -0.494 e. The van der Waals surface area contributed by atoms with E-state index in [1.54, 1.807) is 79.7 Å². The number of carbonyl (C=O) groups is 2. The van der Waals surface area contributed by atoms with Gasteiger partial charge in [-0.25, -0.2) is 13.8 Å². The van der Waals surface area contributed by atoms with Gasteiger partial charge in [-0.3, -0.25) is 13.9 Å². The highest BCUT2D eigenvalue weighted by atomic mass is 32.2. The minimum absolute atomic E-state index is 0.219. The van der Waals surface area contributed by atoms with E-state index in [1.165, 1.54) is 6.92 Å². The van der Waals surface area contributed by atoms with E-state index in [4.69, 9.17) is 4.74 Å². The molecule has 3 rings (SSSR count). The van der Waals surface area contributed by atoms with Crippen LogP contribution >= 0.6 is 0 Å². The van der Waals surface area contributed by atoms with Crippen molar-refractivity contribution in [2.75, 3.05) is 22.5 Å². The van der Waals surface area contributed by atoms with Crippen molar-refractivity contribution in [3.63, 3.8) is 0 Å². The molecule has 0 radical (unpaired) electrons. The largest absolute Gasteiger partial charge is 0.494 e. The van der Waals surface area contributed by atoms with Crippen molar-refractivity contribution >= 4 is 38.9 Å². The molecule has 2 N–H and O–H groups in total. The average Bonchev–Trinajstić information content (AvgIpc) is 2.88. The second kappa shape index (κ2) is 12.2. The topological polar surface area (TPSA) is 117 Å². The summed E-state index contributed by atoms with van der Waals surface area (Å²) in [6.45, 7) is 5.53. The van der Waals surface area contributed by atoms with Crippen molar-refractivity contribution in [2.45, 2.75) is 26.8 Å². The van der Waals surface area contributed by atoms with E-state index in [9.17, 15) is 18.0 Å². The van der Waals surface area contributed by atoms with E-state index >= 15 is 0 Å². The first-order valence-corrected chi connectivity index (χ1v) is 13.5. The number of carbonyl (C=O) groups excluding carboxylic acids is 2. The summed E-state index contributed by atoms with van der Waals surface area (Å²) in [5, 5.41) is 6.96. The maximum absolute atomic E-state index is 12.8. The third-order valence-corrected chi connectivity index (χ3v) is 6.66. The Labute approximate surface area is 217 Å². The molecule has 0 fully saturated rings. The van der Waals surface area contributed by atoms with Crippen LogP contribution in [0.1, 0.15) is 36.7 Å². The molecule has 2 amide bonds. The van der Waals surface area contributed by atoms with Crippen LogP contribution in [0.15, 0.2) is 84.0 Å². The minimum atomic E-state index is -3.76. The predicted molar refractivity (Wildman–Crippen MR) is 146 cm³/mol. The van der Waals surface area contributed by atoms with Gasteiger partial charge in [0, 0.05) is 11.3 Å². The van der Waals surface area contributed by atoms with Crippen LogP contribution in [-0.4, -0.2) is 44.8 Å². The summed E-state index contributed by atoms with van der Waals surface area (Å²) in [5.41, 5.74) is 5.18. The number of rotatable bonds is 10. The Bertz CT molecular complexity index is 1360. The Morgan fingerprint density at radius 1 is 0.946 bits per heavy atom. The first kappa shape index (κ1) is 27.4. The molecule has 0 saturated heterocycles. The van der Waals surface area contributed by atoms with Crippen LogP contribution in [0.2, 0.25) is 0 Å². The number of anilines is 2. The highest BCUT2D eigenvalue weighted by Crippen LogP contribution is 2.24. The summed E-state index contributed by atoms with van der Waals surface area (Å²) in [5.74, 6) is -0.212. The summed E-state index contributed by atoms with van der Waals surface area (Å²) in [7, 11) is -3.76. The summed E-state index contributed by atoms with van der Waals surface area (Å²) < 4.78 is 31.4. The summed E-state index contributed by atoms with van der Waals surface area (Å²) >= 11 is 0. The third kappa shape index (κ3) is 7.40. The number of hydrazone groups is 1. The molecule has 0 spiro atoms. The second-order valence-corrected chi connectivity index (χ2v) is 10.1. The van der Waals surface area contributed by atoms with Gasteiger partial charge in [0.25, 0.3) is 11.8 Å². The van der Waals surface area contributed by atoms with Crippen molar-refractivity contribution < 1.29 is 22.7 Å². The van der Waals surface area contributed by atoms with Crippen LogP contribution in [0.25, 0.3) is 0 Å². The molecule has 0 heterocycles. The van der Waals surface area contributed by atoms with Gasteiger partial charge in [0.15, 0.2) is 0 Å². The fourth-order valence-corrected chi connectivity index (χ4v) is 4.72. The third-order valence-electron chi connectivity index (χ3n) is 5.42. The van der Waals surface area contributed by atoms with Crippen molar-refractivity contribution in [3.05, 3.63) is 90.0 Å². The Kier molecular flexibility index (Phi) is 9.02. The average molecular weight is 523 g/mol. The molecule has 3 aromatic rings. The molecule has 3 aromatic carbocycles. The lowest BCUT2D eigenvalue weighted by Crippen LogP contribution is -2.46. The summed E-state index contributed by atoms with van der Waals surface area (Å²) in [4.78, 5) is 25.1. The van der Waals surface area contributed by atoms with Crippen LogP contribution < -0.4 is 19.8 Å². The predicted octanol–water partition coefficient (Wildman–Crippen LogP) is 4.03. The number of sulfonamides is 1. The number of benzene rings is 3. The molecular weight excluding hydrogens is 492 g/mol. The van der Waals surface area contributed by atoms with Gasteiger partial charge >= 0.3 is 0 Å². The molecule has 0 aliphatic heterocycles. The molecule has 0 aliphatic carbocycles. The Balaban J connectivity index is 1.67. The van der Waals surface area contributed by atoms with Gasteiger partial charge in [0.05, 0.1) is 24.3 Å². The molecule has 1 atom stereocenters. The maximum atomic E-state index is 12.8. The van der Waals surface area contributed by atoms with Crippen LogP contribution in [0, 0.1) is 0 Å². The van der Waals surface area contributed by atoms with Gasteiger partial charge in [0.1, 0.15) is 11.8 Å². The second-order valence-electron chi connectivity index (χ2n) is 8.23. The van der Waals surface area contributed by atoms with Crippen LogP contribution in [-0.2, 0) is 14.8 Å². The van der Waals surface area contributed by atoms with Gasteiger partial charge in [-0.05, 0) is 74.9 Å². The number of amides is 2. The molecule has 0 aromatic heterocycles. The summed E-state index contributed by atoms with van der Waals surface area (Å²) in [6, 6.07) is 21.3.